The molecule has 3 amide bonds. The van der Waals surface area contributed by atoms with Gasteiger partial charge in [-0.15, -0.1) is 0 Å². The van der Waals surface area contributed by atoms with E-state index in [-0.39, 0.29) is 46.9 Å². The fourth-order valence-corrected chi connectivity index (χ4v) is 7.03. The number of piperazine rings is 1. The van der Waals surface area contributed by atoms with Crippen LogP contribution in [0.15, 0.2) is 29.2 Å². The number of carbonyl (C=O) groups is 3. The molecule has 1 aromatic rings. The number of hydrogen-bond acceptors (Lipinski definition) is 7. The van der Waals surface area contributed by atoms with Crippen LogP contribution in [0, 0.1) is 10.1 Å². The number of nitrogens with one attached hydrogen (secondary N) is 1. The van der Waals surface area contributed by atoms with Gasteiger partial charge in [-0.05, 0) is 71.6 Å². The van der Waals surface area contributed by atoms with Gasteiger partial charge >= 0.3 is 6.09 Å². The molecule has 0 radical (unpaired) electrons. The van der Waals surface area contributed by atoms with Crippen LogP contribution in [0.25, 0.3) is 0 Å². The van der Waals surface area contributed by atoms with Crippen molar-refractivity contribution in [3.05, 3.63) is 39.9 Å². The van der Waals surface area contributed by atoms with Crippen LogP contribution < -0.4 is 5.32 Å². The summed E-state index contributed by atoms with van der Waals surface area (Å²) in [7, 11) is -2.15. The van der Waals surface area contributed by atoms with Crippen molar-refractivity contribution in [3.63, 3.8) is 0 Å². The molecule has 3 heterocycles. The topological polar surface area (TPSA) is 125 Å². The molecular formula is C28H43N5O6S. The van der Waals surface area contributed by atoms with Crippen molar-refractivity contribution >= 4 is 28.1 Å². The normalized spacial score (nSPS) is 25.2. The molecule has 2 bridgehead atoms. The van der Waals surface area contributed by atoms with E-state index < -0.39 is 28.0 Å². The predicted molar refractivity (Wildman–Crippen MR) is 154 cm³/mol. The van der Waals surface area contributed by atoms with Crippen LogP contribution in [0.3, 0.4) is 0 Å². The molecule has 222 valence electrons. The molecule has 4 rings (SSSR count). The van der Waals surface area contributed by atoms with Crippen LogP contribution in [0.2, 0.25) is 0 Å². The van der Waals surface area contributed by atoms with Crippen LogP contribution in [-0.2, 0) is 14.3 Å². The van der Waals surface area contributed by atoms with Gasteiger partial charge in [-0.25, -0.2) is 4.79 Å². The molecule has 0 aliphatic carbocycles. The lowest BCUT2D eigenvalue weighted by atomic mass is 10.1. The van der Waals surface area contributed by atoms with Crippen LogP contribution >= 0.6 is 10.2 Å². The van der Waals surface area contributed by atoms with Crippen molar-refractivity contribution in [1.82, 2.24) is 20.0 Å². The zero-order chi connectivity index (χ0) is 29.6. The second-order valence-electron chi connectivity index (χ2n) is 12.6. The average molecular weight is 578 g/mol. The molecule has 1 N–H and O–H groups in total. The van der Waals surface area contributed by atoms with Gasteiger partial charge in [0.15, 0.2) is 0 Å². The number of amides is 3. The standard InChI is InChI=1S/C28H43N5O6S/c1-18-9-8-14-31(18)25(34)23(29-27(36)39-28(3,4)5)17-30-16-21-15-24(30)26(35)32(21)19(2)20-10-12-22(13-11-20)40(6,7)33(37)38/h10-13,18-19,21,23-24H,8-9,14-17H2,1-7H3,(H,29,36)/t18?,19-,21-,23?,24?/m0/s1. The summed E-state index contributed by atoms with van der Waals surface area (Å²) in [4.78, 5) is 57.6. The van der Waals surface area contributed by atoms with Crippen LogP contribution in [0.4, 0.5) is 4.79 Å². The number of fused-ring (bicyclic) bond motifs is 2. The average Bonchev–Trinajstić information content (AvgIpc) is 3.56. The minimum absolute atomic E-state index is 0.00193. The summed E-state index contributed by atoms with van der Waals surface area (Å²) in [6, 6.07) is 6.08. The minimum Gasteiger partial charge on any atom is -0.444 e. The van der Waals surface area contributed by atoms with E-state index in [9.17, 15) is 24.5 Å². The Morgan fingerprint density at radius 3 is 2.40 bits per heavy atom. The number of ether oxygens (including phenoxy) is 1. The molecule has 0 saturated carbocycles. The summed E-state index contributed by atoms with van der Waals surface area (Å²) < 4.78 is 5.23. The van der Waals surface area contributed by atoms with Crippen molar-refractivity contribution in [3.8, 4) is 0 Å². The number of nitrogens with zero attached hydrogens (tertiary/aromatic N) is 4. The summed E-state index contributed by atoms with van der Waals surface area (Å²) in [5.74, 6) is -0.141. The lowest BCUT2D eigenvalue weighted by Crippen LogP contribution is -2.59. The van der Waals surface area contributed by atoms with Gasteiger partial charge in [0.2, 0.25) is 11.8 Å². The third kappa shape index (κ3) is 6.07. The third-order valence-electron chi connectivity index (χ3n) is 8.29. The van der Waals surface area contributed by atoms with Crippen LogP contribution in [0.1, 0.15) is 65.5 Å². The van der Waals surface area contributed by atoms with Gasteiger partial charge in [0, 0.05) is 54.4 Å². The number of likely N-dealkylation sites (tertiary alicyclic amines) is 3. The molecule has 3 fully saturated rings. The summed E-state index contributed by atoms with van der Waals surface area (Å²) in [6.45, 7) is 10.8. The van der Waals surface area contributed by atoms with E-state index in [4.69, 9.17) is 4.74 Å². The fourth-order valence-electron chi connectivity index (χ4n) is 6.06. The maximum absolute atomic E-state index is 13.6. The molecule has 0 aromatic heterocycles. The van der Waals surface area contributed by atoms with Crippen molar-refractivity contribution in [1.29, 1.82) is 0 Å². The number of hydrogen-bond donors (Lipinski definition) is 1. The van der Waals surface area contributed by atoms with E-state index in [1.807, 2.05) is 40.7 Å². The Kier molecular flexibility index (Phi) is 8.43. The molecule has 40 heavy (non-hydrogen) atoms. The van der Waals surface area contributed by atoms with Gasteiger partial charge in [0.05, 0.1) is 21.3 Å². The fraction of sp³-hybridized carbons (Fsp3) is 0.679. The Labute approximate surface area is 238 Å². The van der Waals surface area contributed by atoms with Crippen molar-refractivity contribution in [2.75, 3.05) is 32.1 Å². The van der Waals surface area contributed by atoms with Crippen LogP contribution in [-0.4, -0.2) is 98.9 Å². The van der Waals surface area contributed by atoms with E-state index in [0.717, 1.165) is 18.4 Å². The maximum Gasteiger partial charge on any atom is 0.408 e. The largest absolute Gasteiger partial charge is 0.444 e. The Balaban J connectivity index is 1.45. The van der Waals surface area contributed by atoms with Crippen molar-refractivity contribution in [2.45, 2.75) is 94.6 Å². The van der Waals surface area contributed by atoms with E-state index in [1.165, 1.54) is 0 Å². The monoisotopic (exact) mass is 577 g/mol. The molecule has 3 unspecified atom stereocenters. The maximum atomic E-state index is 13.6. The van der Waals surface area contributed by atoms with Gasteiger partial charge in [-0.1, -0.05) is 12.1 Å². The Hall–Kier alpha value is -2.86. The number of benzene rings is 1. The zero-order valence-electron chi connectivity index (χ0n) is 24.6. The zero-order valence-corrected chi connectivity index (χ0v) is 25.4. The smallest absolute Gasteiger partial charge is 0.408 e. The molecular weight excluding hydrogens is 534 g/mol. The van der Waals surface area contributed by atoms with E-state index in [0.29, 0.717) is 24.4 Å². The Morgan fingerprint density at radius 2 is 1.88 bits per heavy atom. The highest BCUT2D eigenvalue weighted by Crippen LogP contribution is 2.49. The van der Waals surface area contributed by atoms with E-state index >= 15 is 0 Å². The molecule has 3 aliphatic rings. The van der Waals surface area contributed by atoms with E-state index in [1.54, 1.807) is 45.4 Å². The first kappa shape index (κ1) is 30.1. The third-order valence-corrected chi connectivity index (χ3v) is 10.5. The second kappa shape index (κ2) is 11.2. The number of alkyl carbamates (subject to hydrolysis) is 1. The molecule has 12 heteroatoms. The van der Waals surface area contributed by atoms with Crippen molar-refractivity contribution in [2.24, 2.45) is 0 Å². The predicted octanol–water partition coefficient (Wildman–Crippen LogP) is 3.55. The highest BCUT2D eigenvalue weighted by Gasteiger charge is 2.52. The second-order valence-corrected chi connectivity index (χ2v) is 15.9. The molecule has 3 saturated heterocycles. The van der Waals surface area contributed by atoms with Gasteiger partial charge in [-0.3, -0.25) is 24.6 Å². The highest BCUT2D eigenvalue weighted by molar-refractivity contribution is 8.27. The highest BCUT2D eigenvalue weighted by atomic mass is 32.3. The first-order chi connectivity index (χ1) is 18.6. The number of rotatable bonds is 8. The number of nitro groups is 1. The van der Waals surface area contributed by atoms with Crippen LogP contribution in [0.5, 0.6) is 0 Å². The van der Waals surface area contributed by atoms with Gasteiger partial charge < -0.3 is 19.9 Å². The summed E-state index contributed by atoms with van der Waals surface area (Å²) in [5, 5.41) is 14.3. The van der Waals surface area contributed by atoms with Gasteiger partial charge in [-0.2, -0.15) is 0 Å². The van der Waals surface area contributed by atoms with Gasteiger partial charge in [0.1, 0.15) is 11.6 Å². The van der Waals surface area contributed by atoms with E-state index in [2.05, 4.69) is 5.32 Å². The first-order valence-electron chi connectivity index (χ1n) is 13.9. The summed E-state index contributed by atoms with van der Waals surface area (Å²) in [5.41, 5.74) is 0.230. The van der Waals surface area contributed by atoms with Crippen molar-refractivity contribution < 1.29 is 23.4 Å². The summed E-state index contributed by atoms with van der Waals surface area (Å²) >= 11 is 0. The molecule has 11 nitrogen and oxygen atoms in total. The quantitative estimate of drug-likeness (QED) is 0.370. The number of carbonyl (C=O) groups excluding carboxylic acids is 3. The summed E-state index contributed by atoms with van der Waals surface area (Å²) in [6.07, 6.45) is 5.18. The Morgan fingerprint density at radius 1 is 1.23 bits per heavy atom. The molecule has 1 aromatic carbocycles. The molecule has 3 aliphatic heterocycles. The minimum atomic E-state index is -2.15. The lowest BCUT2D eigenvalue weighted by Gasteiger charge is -2.39. The SMILES string of the molecule is CC1CCCN1C(=O)C(CN1C[C@@H]2CC1C(=O)N2[C@@H](C)c1ccc(S(C)(C)[N+](=O)[O-])cc1)NC(=O)OC(C)(C)C. The lowest BCUT2D eigenvalue weighted by molar-refractivity contribution is -0.295. The molecule has 0 spiro atoms. The Bertz CT molecular complexity index is 1150. The van der Waals surface area contributed by atoms with Gasteiger partial charge in [0.25, 0.3) is 0 Å². The molecule has 5 atom stereocenters. The first-order valence-corrected chi connectivity index (χ1v) is 16.3.